The van der Waals surface area contributed by atoms with Crippen molar-refractivity contribution in [2.24, 2.45) is 28.6 Å². The van der Waals surface area contributed by atoms with Crippen LogP contribution in [0.2, 0.25) is 0 Å². The molecule has 0 heterocycles. The van der Waals surface area contributed by atoms with Gasteiger partial charge in [-0.05, 0) is 50.2 Å². The number of hydrogen-bond donors (Lipinski definition) is 1. The SMILES string of the molecule is C[C@H]1CC2C3CC=C(C(=O)CF)C3(C)CC(O)[C@]2(F)C2(C)C=CC(=O)C=C12. The van der Waals surface area contributed by atoms with Crippen molar-refractivity contribution in [2.75, 3.05) is 6.67 Å². The van der Waals surface area contributed by atoms with Crippen molar-refractivity contribution in [3.8, 4) is 0 Å². The summed E-state index contributed by atoms with van der Waals surface area (Å²) in [5.74, 6) is -1.35. The van der Waals surface area contributed by atoms with Gasteiger partial charge in [-0.3, -0.25) is 9.59 Å². The molecule has 4 aliphatic carbocycles. The molecule has 27 heavy (non-hydrogen) atoms. The third-order valence-corrected chi connectivity index (χ3v) is 7.97. The Morgan fingerprint density at radius 3 is 2.70 bits per heavy atom. The summed E-state index contributed by atoms with van der Waals surface area (Å²) < 4.78 is 29.9. The number of Topliss-reactive ketones (excluding diaryl/α,β-unsaturated/α-hetero) is 1. The molecule has 2 fully saturated rings. The van der Waals surface area contributed by atoms with E-state index in [0.29, 0.717) is 18.4 Å². The quantitative estimate of drug-likeness (QED) is 0.800. The predicted octanol–water partition coefficient (Wildman–Crippen LogP) is 3.68. The first-order valence-electron chi connectivity index (χ1n) is 9.71. The van der Waals surface area contributed by atoms with Gasteiger partial charge in [0.25, 0.3) is 0 Å². The Labute approximate surface area is 158 Å². The maximum atomic E-state index is 16.8. The number of ketones is 2. The average Bonchev–Trinajstić information content (AvgIpc) is 2.95. The van der Waals surface area contributed by atoms with Crippen LogP contribution in [0.4, 0.5) is 8.78 Å². The lowest BCUT2D eigenvalue weighted by molar-refractivity contribution is -0.191. The Morgan fingerprint density at radius 2 is 2.04 bits per heavy atom. The minimum absolute atomic E-state index is 0.00625. The number of alkyl halides is 2. The van der Waals surface area contributed by atoms with Crippen LogP contribution in [0.25, 0.3) is 0 Å². The van der Waals surface area contributed by atoms with Crippen molar-refractivity contribution in [2.45, 2.75) is 51.8 Å². The smallest absolute Gasteiger partial charge is 0.190 e. The summed E-state index contributed by atoms with van der Waals surface area (Å²) >= 11 is 0. The van der Waals surface area contributed by atoms with Crippen molar-refractivity contribution >= 4 is 11.6 Å². The third kappa shape index (κ3) is 2.15. The van der Waals surface area contributed by atoms with Gasteiger partial charge in [0.2, 0.25) is 0 Å². The Kier molecular flexibility index (Phi) is 3.95. The zero-order valence-corrected chi connectivity index (χ0v) is 16.0. The highest BCUT2D eigenvalue weighted by atomic mass is 19.1. The molecule has 0 aliphatic heterocycles. The molecule has 0 amide bonds. The molecule has 2 saturated carbocycles. The fourth-order valence-electron chi connectivity index (χ4n) is 6.68. The summed E-state index contributed by atoms with van der Waals surface area (Å²) in [6.07, 6.45) is 6.10. The second-order valence-corrected chi connectivity index (χ2v) is 9.20. The number of carbonyl (C=O) groups excluding carboxylic acids is 2. The van der Waals surface area contributed by atoms with Crippen LogP contribution < -0.4 is 0 Å². The van der Waals surface area contributed by atoms with Crippen LogP contribution in [0.5, 0.6) is 0 Å². The van der Waals surface area contributed by atoms with Gasteiger partial charge in [-0.1, -0.05) is 31.6 Å². The van der Waals surface area contributed by atoms with Crippen LogP contribution in [0, 0.1) is 28.6 Å². The first-order chi connectivity index (χ1) is 12.6. The van der Waals surface area contributed by atoms with Crippen molar-refractivity contribution in [3.05, 3.63) is 35.5 Å². The number of rotatable bonds is 2. The number of fused-ring (bicyclic) bond motifs is 5. The molecule has 5 unspecified atom stereocenters. The highest BCUT2D eigenvalue weighted by Crippen LogP contribution is 2.68. The molecule has 0 aromatic rings. The monoisotopic (exact) mass is 376 g/mol. The van der Waals surface area contributed by atoms with Gasteiger partial charge < -0.3 is 5.11 Å². The number of hydrogen-bond acceptors (Lipinski definition) is 3. The Balaban J connectivity index is 1.82. The van der Waals surface area contributed by atoms with E-state index in [1.54, 1.807) is 19.1 Å². The topological polar surface area (TPSA) is 54.4 Å². The largest absolute Gasteiger partial charge is 0.390 e. The normalized spacial score (nSPS) is 48.3. The van der Waals surface area contributed by atoms with Gasteiger partial charge in [0, 0.05) is 22.3 Å². The van der Waals surface area contributed by atoms with E-state index in [1.165, 1.54) is 12.2 Å². The lowest BCUT2D eigenvalue weighted by Crippen LogP contribution is -2.67. The van der Waals surface area contributed by atoms with E-state index < -0.39 is 41.0 Å². The van der Waals surface area contributed by atoms with Gasteiger partial charge in [-0.15, -0.1) is 0 Å². The van der Waals surface area contributed by atoms with Crippen molar-refractivity contribution in [3.63, 3.8) is 0 Å². The molecule has 3 nitrogen and oxygen atoms in total. The average molecular weight is 376 g/mol. The second-order valence-electron chi connectivity index (χ2n) is 9.20. The Bertz CT molecular complexity index is 812. The van der Waals surface area contributed by atoms with Gasteiger partial charge in [0.1, 0.15) is 0 Å². The molecule has 0 bridgehead atoms. The first kappa shape index (κ1) is 18.7. The minimum atomic E-state index is -1.92. The molecule has 4 rings (SSSR count). The summed E-state index contributed by atoms with van der Waals surface area (Å²) in [4.78, 5) is 24.0. The van der Waals surface area contributed by atoms with Gasteiger partial charge in [0.15, 0.2) is 23.9 Å². The van der Waals surface area contributed by atoms with Gasteiger partial charge in [0.05, 0.1) is 6.10 Å². The standard InChI is InChI=1S/C22H26F2O3/c1-12-8-17-14-4-5-15(18(26)11-23)20(14,2)10-19(27)22(17,24)21(3)7-6-13(25)9-16(12)21/h5-7,9,12,14,17,19,27H,4,8,10-11H2,1-3H3/t12-,14?,17?,19?,20?,21?,22-/m0/s1. The number of aliphatic hydroxyl groups is 1. The summed E-state index contributed by atoms with van der Waals surface area (Å²) in [5.41, 5.74) is -2.55. The third-order valence-electron chi connectivity index (χ3n) is 7.97. The molecule has 7 atom stereocenters. The van der Waals surface area contributed by atoms with Crippen LogP contribution in [0.15, 0.2) is 35.5 Å². The highest BCUT2D eigenvalue weighted by Gasteiger charge is 2.70. The lowest BCUT2D eigenvalue weighted by Gasteiger charge is -2.63. The van der Waals surface area contributed by atoms with Crippen LogP contribution >= 0.6 is 0 Å². The molecule has 0 aromatic heterocycles. The van der Waals surface area contributed by atoms with Crippen molar-refractivity contribution in [1.29, 1.82) is 0 Å². The van der Waals surface area contributed by atoms with Crippen molar-refractivity contribution < 1.29 is 23.5 Å². The first-order valence-corrected chi connectivity index (χ1v) is 9.71. The highest BCUT2D eigenvalue weighted by molar-refractivity contribution is 6.01. The van der Waals surface area contributed by atoms with E-state index >= 15 is 4.39 Å². The number of carbonyl (C=O) groups is 2. The van der Waals surface area contributed by atoms with E-state index in [2.05, 4.69) is 0 Å². The van der Waals surface area contributed by atoms with E-state index in [9.17, 15) is 19.1 Å². The fourth-order valence-corrected chi connectivity index (χ4v) is 6.68. The summed E-state index contributed by atoms with van der Waals surface area (Å²) in [6, 6.07) is 0. The zero-order valence-electron chi connectivity index (χ0n) is 16.0. The summed E-state index contributed by atoms with van der Waals surface area (Å²) in [7, 11) is 0. The Morgan fingerprint density at radius 1 is 1.33 bits per heavy atom. The maximum absolute atomic E-state index is 16.8. The molecular formula is C22H26F2O3. The minimum Gasteiger partial charge on any atom is -0.390 e. The molecule has 5 heteroatoms. The van der Waals surface area contributed by atoms with Gasteiger partial charge >= 0.3 is 0 Å². The van der Waals surface area contributed by atoms with Crippen LogP contribution in [-0.4, -0.2) is 35.1 Å². The van der Waals surface area contributed by atoms with E-state index in [1.807, 2.05) is 13.8 Å². The summed E-state index contributed by atoms with van der Waals surface area (Å²) in [5, 5.41) is 11.1. The Hall–Kier alpha value is -1.62. The maximum Gasteiger partial charge on any atom is 0.190 e. The van der Waals surface area contributed by atoms with Crippen molar-refractivity contribution in [1.82, 2.24) is 0 Å². The van der Waals surface area contributed by atoms with E-state index in [0.717, 1.165) is 5.57 Å². The van der Waals surface area contributed by atoms with Gasteiger partial charge in [-0.25, -0.2) is 8.78 Å². The molecule has 4 aliphatic rings. The lowest BCUT2D eigenvalue weighted by atomic mass is 9.43. The molecule has 0 spiro atoms. The number of aliphatic hydroxyl groups excluding tert-OH is 1. The number of allylic oxidation sites excluding steroid dienone is 6. The molecule has 0 radical (unpaired) electrons. The van der Waals surface area contributed by atoms with Gasteiger partial charge in [-0.2, -0.15) is 0 Å². The zero-order chi connectivity index (χ0) is 19.8. The molecule has 0 aromatic carbocycles. The molecule has 0 saturated heterocycles. The second kappa shape index (κ2) is 5.69. The van der Waals surface area contributed by atoms with E-state index in [-0.39, 0.29) is 24.0 Å². The molecular weight excluding hydrogens is 350 g/mol. The summed E-state index contributed by atoms with van der Waals surface area (Å²) in [6.45, 7) is 4.56. The molecule has 1 N–H and O–H groups in total. The van der Waals surface area contributed by atoms with Crippen LogP contribution in [0.1, 0.15) is 40.0 Å². The van der Waals surface area contributed by atoms with E-state index in [4.69, 9.17) is 0 Å². The molecule has 146 valence electrons. The number of halogens is 2. The predicted molar refractivity (Wildman–Crippen MR) is 97.3 cm³/mol. The van der Waals surface area contributed by atoms with Crippen LogP contribution in [-0.2, 0) is 9.59 Å². The fraction of sp³-hybridized carbons (Fsp3) is 0.636. The van der Waals surface area contributed by atoms with Crippen LogP contribution in [0.3, 0.4) is 0 Å².